The zero-order valence-corrected chi connectivity index (χ0v) is 23.5. The van der Waals surface area contributed by atoms with Crippen molar-refractivity contribution < 1.29 is 14.4 Å². The van der Waals surface area contributed by atoms with Crippen molar-refractivity contribution in [3.63, 3.8) is 0 Å². The summed E-state index contributed by atoms with van der Waals surface area (Å²) < 4.78 is 0. The Kier molecular flexibility index (Phi) is 7.29. The molecule has 0 saturated carbocycles. The Hall–Kier alpha value is -3.75. The topological polar surface area (TPSA) is 94.3 Å². The first-order chi connectivity index (χ1) is 19.5. The van der Waals surface area contributed by atoms with Crippen LogP contribution >= 0.6 is 23.4 Å². The van der Waals surface area contributed by atoms with Gasteiger partial charge in [-0.3, -0.25) is 14.4 Å². The van der Waals surface area contributed by atoms with Gasteiger partial charge in [0.15, 0.2) is 0 Å². The van der Waals surface area contributed by atoms with Gasteiger partial charge in [0.25, 0.3) is 5.91 Å². The molecule has 3 aromatic carbocycles. The predicted octanol–water partition coefficient (Wildman–Crippen LogP) is 4.85. The highest BCUT2D eigenvalue weighted by Crippen LogP contribution is 2.46. The molecule has 0 saturated heterocycles. The Bertz CT molecular complexity index is 1620. The van der Waals surface area contributed by atoms with Crippen LogP contribution in [0, 0.1) is 0 Å². The molecule has 2 aliphatic heterocycles. The van der Waals surface area contributed by atoms with Crippen LogP contribution in [-0.2, 0) is 22.6 Å². The molecule has 0 aliphatic carbocycles. The van der Waals surface area contributed by atoms with Crippen LogP contribution in [0.25, 0.3) is 10.9 Å². The fraction of sp³-hybridized carbons (Fsp3) is 0.258. The number of para-hydroxylation sites is 1. The highest BCUT2D eigenvalue weighted by molar-refractivity contribution is 7.98. The number of nitrogens with one attached hydrogen (secondary N) is 3. The molecule has 0 bridgehead atoms. The van der Waals surface area contributed by atoms with Crippen molar-refractivity contribution >= 4 is 52.0 Å². The number of rotatable bonds is 8. The summed E-state index contributed by atoms with van der Waals surface area (Å²) in [4.78, 5) is 46.2. The van der Waals surface area contributed by atoms with E-state index in [1.807, 2.05) is 73.0 Å². The number of fused-ring (bicyclic) bond motifs is 7. The predicted molar refractivity (Wildman–Crippen MR) is 158 cm³/mol. The molecular weight excluding hydrogens is 544 g/mol. The number of hydrogen-bond acceptors (Lipinski definition) is 4. The van der Waals surface area contributed by atoms with E-state index < -0.39 is 18.1 Å². The Morgan fingerprint density at radius 1 is 1.07 bits per heavy atom. The number of carbonyl (C=O) groups is 3. The number of hydrogen-bond donors (Lipinski definition) is 3. The molecular formula is C31H29ClN4O3S. The number of halogens is 1. The molecule has 1 aromatic heterocycles. The minimum atomic E-state index is -0.759. The van der Waals surface area contributed by atoms with Crippen LogP contribution in [0.15, 0.2) is 72.8 Å². The smallest absolute Gasteiger partial charge is 0.255 e. The average molecular weight is 573 g/mol. The van der Waals surface area contributed by atoms with E-state index in [2.05, 4.69) is 15.6 Å². The van der Waals surface area contributed by atoms with Gasteiger partial charge < -0.3 is 20.5 Å². The lowest BCUT2D eigenvalue weighted by Crippen LogP contribution is -2.56. The zero-order valence-electron chi connectivity index (χ0n) is 21.9. The number of aromatic nitrogens is 1. The second-order valence-electron chi connectivity index (χ2n) is 10.1. The van der Waals surface area contributed by atoms with Crippen LogP contribution in [0.2, 0.25) is 5.02 Å². The molecule has 3 amide bonds. The van der Waals surface area contributed by atoms with E-state index in [9.17, 15) is 14.4 Å². The number of H-pyrrole nitrogens is 1. The van der Waals surface area contributed by atoms with Crippen molar-refractivity contribution in [2.75, 3.05) is 12.0 Å². The van der Waals surface area contributed by atoms with E-state index in [4.69, 9.17) is 11.6 Å². The Morgan fingerprint density at radius 2 is 1.82 bits per heavy atom. The third kappa shape index (κ3) is 4.65. The first-order valence-corrected chi connectivity index (χ1v) is 15.1. The van der Waals surface area contributed by atoms with Crippen molar-refractivity contribution in [2.45, 2.75) is 37.5 Å². The number of amides is 3. The van der Waals surface area contributed by atoms with Crippen molar-refractivity contribution in [1.29, 1.82) is 0 Å². The highest BCUT2D eigenvalue weighted by Gasteiger charge is 2.49. The maximum absolute atomic E-state index is 14.0. The normalized spacial score (nSPS) is 18.1. The summed E-state index contributed by atoms with van der Waals surface area (Å²) in [5.74, 6) is -0.0909. The van der Waals surface area contributed by atoms with E-state index in [1.165, 1.54) is 0 Å². The van der Waals surface area contributed by atoms with Crippen molar-refractivity contribution in [3.8, 4) is 0 Å². The molecule has 4 aromatic rings. The van der Waals surface area contributed by atoms with Crippen LogP contribution in [0.1, 0.15) is 45.2 Å². The largest absolute Gasteiger partial charge is 0.356 e. The number of aromatic amines is 1. The van der Waals surface area contributed by atoms with Crippen LogP contribution in [-0.4, -0.2) is 51.7 Å². The minimum Gasteiger partial charge on any atom is -0.356 e. The van der Waals surface area contributed by atoms with Gasteiger partial charge >= 0.3 is 0 Å². The maximum atomic E-state index is 14.0. The molecule has 7 nitrogen and oxygen atoms in total. The highest BCUT2D eigenvalue weighted by atomic mass is 35.5. The first kappa shape index (κ1) is 26.5. The molecule has 3 atom stereocenters. The summed E-state index contributed by atoms with van der Waals surface area (Å²) in [5, 5.41) is 7.55. The van der Waals surface area contributed by atoms with Gasteiger partial charge in [-0.1, -0.05) is 66.2 Å². The molecule has 0 fully saturated rings. The molecule has 0 radical (unpaired) electrons. The van der Waals surface area contributed by atoms with Crippen LogP contribution in [0.4, 0.5) is 0 Å². The summed E-state index contributed by atoms with van der Waals surface area (Å²) in [7, 11) is 0. The maximum Gasteiger partial charge on any atom is 0.255 e. The van der Waals surface area contributed by atoms with E-state index in [-0.39, 0.29) is 24.3 Å². The molecule has 6 rings (SSSR count). The number of thioether (sulfide) groups is 1. The fourth-order valence-corrected chi connectivity index (χ4v) is 6.53. The molecule has 40 heavy (non-hydrogen) atoms. The molecule has 0 unspecified atom stereocenters. The second-order valence-corrected chi connectivity index (χ2v) is 11.5. The standard InChI is InChI=1S/C31H29ClN4O3S/c1-40-15-14-25(29(37)33-17-18-8-2-6-12-23(18)32)35-30(38)26-16-22-19-9-5-7-13-24(19)34-27(22)28-20-10-3-4-11-21(20)31(39)36(26)28/h2-13,25-26,28,34H,14-17H2,1H3,(H,33,37)(H,35,38)/t25-,26-,28+/m0/s1. The van der Waals surface area contributed by atoms with Crippen molar-refractivity contribution in [1.82, 2.24) is 20.5 Å². The Labute approximate surface area is 241 Å². The third-order valence-electron chi connectivity index (χ3n) is 7.81. The van der Waals surface area contributed by atoms with Gasteiger partial charge in [0.05, 0.1) is 6.04 Å². The summed E-state index contributed by atoms with van der Waals surface area (Å²) in [6.07, 6.45) is 2.78. The van der Waals surface area contributed by atoms with Crippen LogP contribution in [0.3, 0.4) is 0 Å². The summed E-state index contributed by atoms with van der Waals surface area (Å²) in [6, 6.07) is 21.0. The second kappa shape index (κ2) is 11.0. The Morgan fingerprint density at radius 3 is 2.65 bits per heavy atom. The van der Waals surface area contributed by atoms with Gasteiger partial charge in [0.2, 0.25) is 11.8 Å². The minimum absolute atomic E-state index is 0.172. The summed E-state index contributed by atoms with van der Waals surface area (Å²) in [5.41, 5.74) is 5.24. The summed E-state index contributed by atoms with van der Waals surface area (Å²) >= 11 is 7.88. The lowest BCUT2D eigenvalue weighted by molar-refractivity contribution is -0.132. The quantitative estimate of drug-likeness (QED) is 0.281. The van der Waals surface area contributed by atoms with E-state index >= 15 is 0 Å². The van der Waals surface area contributed by atoms with Crippen molar-refractivity contribution in [2.24, 2.45) is 0 Å². The lowest BCUT2D eigenvalue weighted by atomic mass is 9.89. The SMILES string of the molecule is CSCC[C@H](NC(=O)[C@@H]1Cc2c([nH]c3ccccc23)[C@H]2c3ccccc3C(=O)N21)C(=O)NCc1ccccc1Cl. The Balaban J connectivity index is 1.30. The molecule has 0 spiro atoms. The van der Waals surface area contributed by atoms with Gasteiger partial charge in [0.1, 0.15) is 12.1 Å². The monoisotopic (exact) mass is 572 g/mol. The molecule has 9 heteroatoms. The molecule has 3 N–H and O–H groups in total. The van der Waals surface area contributed by atoms with E-state index in [1.54, 1.807) is 22.7 Å². The van der Waals surface area contributed by atoms with E-state index in [0.29, 0.717) is 29.2 Å². The fourth-order valence-electron chi connectivity index (χ4n) is 5.86. The number of nitrogens with zero attached hydrogens (tertiary/aromatic N) is 1. The third-order valence-corrected chi connectivity index (χ3v) is 8.82. The number of benzene rings is 3. The first-order valence-electron chi connectivity index (χ1n) is 13.3. The summed E-state index contributed by atoms with van der Waals surface area (Å²) in [6.45, 7) is 0.258. The van der Waals surface area contributed by atoms with Gasteiger partial charge in [-0.25, -0.2) is 0 Å². The average Bonchev–Trinajstić information content (AvgIpc) is 3.49. The number of carbonyl (C=O) groups excluding carboxylic acids is 3. The van der Waals surface area contributed by atoms with Gasteiger partial charge in [-0.2, -0.15) is 11.8 Å². The van der Waals surface area contributed by atoms with Crippen molar-refractivity contribution in [3.05, 3.63) is 106 Å². The molecule has 2 aliphatic rings. The zero-order chi connectivity index (χ0) is 27.8. The molecule has 204 valence electrons. The lowest BCUT2D eigenvalue weighted by Gasteiger charge is -2.37. The van der Waals surface area contributed by atoms with Gasteiger partial charge in [0, 0.05) is 40.1 Å². The molecule has 3 heterocycles. The van der Waals surface area contributed by atoms with Crippen LogP contribution < -0.4 is 10.6 Å². The van der Waals surface area contributed by atoms with Gasteiger partial charge in [-0.05, 0) is 53.3 Å². The van der Waals surface area contributed by atoms with Gasteiger partial charge in [-0.15, -0.1) is 0 Å². The van der Waals surface area contributed by atoms with Crippen LogP contribution in [0.5, 0.6) is 0 Å². The van der Waals surface area contributed by atoms with E-state index in [0.717, 1.165) is 33.3 Å².